The third-order valence-corrected chi connectivity index (χ3v) is 2.52. The molecule has 0 fully saturated rings. The van der Waals surface area contributed by atoms with E-state index in [0.29, 0.717) is 16.7 Å². The van der Waals surface area contributed by atoms with Gasteiger partial charge in [0.25, 0.3) is 0 Å². The van der Waals surface area contributed by atoms with E-state index in [0.717, 1.165) is 5.56 Å². The average Bonchev–Trinajstić information content (AvgIpc) is 2.09. The van der Waals surface area contributed by atoms with Gasteiger partial charge in [-0.05, 0) is 37.5 Å². The van der Waals surface area contributed by atoms with Crippen LogP contribution in [0.25, 0.3) is 0 Å². The Labute approximate surface area is 93.5 Å². The van der Waals surface area contributed by atoms with Gasteiger partial charge in [0, 0.05) is 0 Å². The van der Waals surface area contributed by atoms with Crippen LogP contribution in [-0.4, -0.2) is 22.2 Å². The molecular weight excluding hydrogens is 208 g/mol. The largest absolute Gasteiger partial charge is 0.480 e. The third kappa shape index (κ3) is 2.21. The van der Waals surface area contributed by atoms with E-state index >= 15 is 0 Å². The maximum atomic E-state index is 10.9. The van der Waals surface area contributed by atoms with Crippen LogP contribution in [0.3, 0.4) is 0 Å². The van der Waals surface area contributed by atoms with E-state index in [-0.39, 0.29) is 0 Å². The quantitative estimate of drug-likeness (QED) is 0.765. The van der Waals surface area contributed by atoms with Crippen LogP contribution in [0.15, 0.2) is 12.1 Å². The monoisotopic (exact) mass is 222 g/mol. The zero-order chi connectivity index (χ0) is 12.5. The smallest absolute Gasteiger partial charge is 0.322 e. The summed E-state index contributed by atoms with van der Waals surface area (Å²) in [5.74, 6) is -4.15. The van der Waals surface area contributed by atoms with Crippen LogP contribution in [0.4, 0.5) is 0 Å². The molecule has 0 bridgehead atoms. The molecule has 1 aromatic carbocycles. The molecule has 0 spiro atoms. The van der Waals surface area contributed by atoms with Crippen molar-refractivity contribution in [2.24, 2.45) is 0 Å². The Kier molecular flexibility index (Phi) is 3.32. The summed E-state index contributed by atoms with van der Waals surface area (Å²) in [5, 5.41) is 17.9. The van der Waals surface area contributed by atoms with Crippen molar-refractivity contribution in [2.45, 2.75) is 26.7 Å². The predicted octanol–water partition coefficient (Wildman–Crippen LogP) is 1.86. The van der Waals surface area contributed by atoms with Crippen LogP contribution in [0, 0.1) is 20.8 Å². The van der Waals surface area contributed by atoms with Gasteiger partial charge in [0.15, 0.2) is 5.92 Å². The van der Waals surface area contributed by atoms with Crippen molar-refractivity contribution < 1.29 is 19.8 Å². The number of benzene rings is 1. The summed E-state index contributed by atoms with van der Waals surface area (Å²) in [5.41, 5.74) is 2.78. The normalized spacial score (nSPS) is 10.5. The Morgan fingerprint density at radius 1 is 1.00 bits per heavy atom. The minimum Gasteiger partial charge on any atom is -0.480 e. The lowest BCUT2D eigenvalue weighted by molar-refractivity contribution is -0.150. The number of aryl methyl sites for hydroxylation is 3. The molecule has 4 nitrogen and oxygen atoms in total. The van der Waals surface area contributed by atoms with Crippen LogP contribution in [-0.2, 0) is 9.59 Å². The van der Waals surface area contributed by atoms with Crippen LogP contribution in [0.1, 0.15) is 28.2 Å². The van der Waals surface area contributed by atoms with Gasteiger partial charge in [0.05, 0.1) is 0 Å². The first-order valence-corrected chi connectivity index (χ1v) is 4.88. The van der Waals surface area contributed by atoms with Crippen LogP contribution >= 0.6 is 0 Å². The zero-order valence-electron chi connectivity index (χ0n) is 9.44. The molecule has 0 aliphatic carbocycles. The Morgan fingerprint density at radius 2 is 1.38 bits per heavy atom. The molecule has 0 unspecified atom stereocenters. The Bertz CT molecular complexity index is 411. The molecule has 2 N–H and O–H groups in total. The van der Waals surface area contributed by atoms with Crippen molar-refractivity contribution in [1.29, 1.82) is 0 Å². The van der Waals surface area contributed by atoms with E-state index in [1.165, 1.54) is 0 Å². The molecule has 86 valence electrons. The highest BCUT2D eigenvalue weighted by molar-refractivity contribution is 5.99. The maximum Gasteiger partial charge on any atom is 0.322 e. The minimum atomic E-state index is -1.49. The Morgan fingerprint density at radius 3 is 1.69 bits per heavy atom. The number of carbonyl (C=O) groups is 2. The molecule has 0 aliphatic rings. The Hall–Kier alpha value is -1.84. The van der Waals surface area contributed by atoms with Gasteiger partial charge in [-0.1, -0.05) is 17.7 Å². The summed E-state index contributed by atoms with van der Waals surface area (Å²) < 4.78 is 0. The highest BCUT2D eigenvalue weighted by Crippen LogP contribution is 2.25. The number of hydrogen-bond donors (Lipinski definition) is 2. The molecular formula is C12H14O4. The standard InChI is InChI=1S/C12H14O4/c1-6-4-7(2)9(8(3)5-6)10(11(13)14)12(15)16/h4-5,10H,1-3H3,(H,13,14)(H,15,16). The van der Waals surface area contributed by atoms with Crippen LogP contribution in [0.2, 0.25) is 0 Å². The Balaban J connectivity index is 3.41. The van der Waals surface area contributed by atoms with Crippen LogP contribution < -0.4 is 0 Å². The molecule has 0 atom stereocenters. The van der Waals surface area contributed by atoms with E-state index in [1.54, 1.807) is 26.0 Å². The summed E-state index contributed by atoms with van der Waals surface area (Å²) in [6.45, 7) is 5.35. The predicted molar refractivity (Wildman–Crippen MR) is 58.7 cm³/mol. The van der Waals surface area contributed by atoms with Gasteiger partial charge < -0.3 is 10.2 Å². The van der Waals surface area contributed by atoms with Gasteiger partial charge in [0.2, 0.25) is 0 Å². The molecule has 0 radical (unpaired) electrons. The first-order valence-electron chi connectivity index (χ1n) is 4.88. The highest BCUT2D eigenvalue weighted by atomic mass is 16.4. The maximum absolute atomic E-state index is 10.9. The fraction of sp³-hybridized carbons (Fsp3) is 0.333. The molecule has 16 heavy (non-hydrogen) atoms. The molecule has 4 heteroatoms. The van der Waals surface area contributed by atoms with Gasteiger partial charge >= 0.3 is 11.9 Å². The number of rotatable bonds is 3. The summed E-state index contributed by atoms with van der Waals surface area (Å²) >= 11 is 0. The van der Waals surface area contributed by atoms with Gasteiger partial charge in [-0.2, -0.15) is 0 Å². The average molecular weight is 222 g/mol. The SMILES string of the molecule is Cc1cc(C)c(C(C(=O)O)C(=O)O)c(C)c1. The van der Waals surface area contributed by atoms with Crippen LogP contribution in [0.5, 0.6) is 0 Å². The van der Waals surface area contributed by atoms with Crippen molar-refractivity contribution in [2.75, 3.05) is 0 Å². The topological polar surface area (TPSA) is 74.6 Å². The van der Waals surface area contributed by atoms with E-state index < -0.39 is 17.9 Å². The van der Waals surface area contributed by atoms with E-state index in [4.69, 9.17) is 10.2 Å². The number of aliphatic carboxylic acids is 2. The lowest BCUT2D eigenvalue weighted by Gasteiger charge is -2.15. The van der Waals surface area contributed by atoms with Crippen molar-refractivity contribution in [3.05, 3.63) is 34.4 Å². The number of carboxylic acid groups (broad SMARTS) is 2. The molecule has 1 rings (SSSR count). The fourth-order valence-electron chi connectivity index (χ4n) is 2.00. The van der Waals surface area contributed by atoms with Gasteiger partial charge in [-0.3, -0.25) is 9.59 Å². The fourth-order valence-corrected chi connectivity index (χ4v) is 2.00. The van der Waals surface area contributed by atoms with E-state index in [1.807, 2.05) is 6.92 Å². The van der Waals surface area contributed by atoms with Crippen molar-refractivity contribution >= 4 is 11.9 Å². The summed E-state index contributed by atoms with van der Waals surface area (Å²) in [6, 6.07) is 3.59. The zero-order valence-corrected chi connectivity index (χ0v) is 9.44. The second-order valence-electron chi connectivity index (χ2n) is 3.92. The molecule has 0 heterocycles. The summed E-state index contributed by atoms with van der Waals surface area (Å²) in [7, 11) is 0. The van der Waals surface area contributed by atoms with Gasteiger partial charge in [-0.15, -0.1) is 0 Å². The molecule has 0 aliphatic heterocycles. The first-order chi connectivity index (χ1) is 7.34. The lowest BCUT2D eigenvalue weighted by Crippen LogP contribution is -2.23. The van der Waals surface area contributed by atoms with E-state index in [2.05, 4.69) is 0 Å². The van der Waals surface area contributed by atoms with Crippen molar-refractivity contribution in [3.8, 4) is 0 Å². The highest BCUT2D eigenvalue weighted by Gasteiger charge is 2.30. The second-order valence-corrected chi connectivity index (χ2v) is 3.92. The molecule has 0 amide bonds. The molecule has 0 saturated heterocycles. The van der Waals surface area contributed by atoms with E-state index in [9.17, 15) is 9.59 Å². The number of hydrogen-bond acceptors (Lipinski definition) is 2. The summed E-state index contributed by atoms with van der Waals surface area (Å²) in [6.07, 6.45) is 0. The molecule has 0 saturated carbocycles. The molecule has 0 aromatic heterocycles. The van der Waals surface area contributed by atoms with Gasteiger partial charge in [-0.25, -0.2) is 0 Å². The minimum absolute atomic E-state index is 0.380. The molecule has 1 aromatic rings. The second kappa shape index (κ2) is 4.35. The van der Waals surface area contributed by atoms with Crippen molar-refractivity contribution in [3.63, 3.8) is 0 Å². The third-order valence-electron chi connectivity index (χ3n) is 2.52. The van der Waals surface area contributed by atoms with Gasteiger partial charge in [0.1, 0.15) is 0 Å². The lowest BCUT2D eigenvalue weighted by atomic mass is 9.89. The number of carboxylic acids is 2. The first kappa shape index (κ1) is 12.2. The van der Waals surface area contributed by atoms with Crippen molar-refractivity contribution in [1.82, 2.24) is 0 Å². The summed E-state index contributed by atoms with van der Waals surface area (Å²) in [4.78, 5) is 21.9.